The van der Waals surface area contributed by atoms with Crippen LogP contribution in [0.1, 0.15) is 0 Å². The highest BCUT2D eigenvalue weighted by Crippen LogP contribution is 2.20. The first-order valence-electron chi connectivity index (χ1n) is 4.65. The number of benzene rings is 1. The third-order valence-corrected chi connectivity index (χ3v) is 2.37. The Morgan fingerprint density at radius 2 is 2.06 bits per heavy atom. The molecule has 0 aliphatic carbocycles. The van der Waals surface area contributed by atoms with Gasteiger partial charge in [-0.1, -0.05) is 0 Å². The minimum Gasteiger partial charge on any atom is -0.480 e. The Morgan fingerprint density at radius 1 is 1.44 bits per heavy atom. The van der Waals surface area contributed by atoms with Crippen molar-refractivity contribution >= 4 is 17.7 Å². The number of urea groups is 1. The maximum Gasteiger partial charge on any atom is 0.328 e. The zero-order valence-electron chi connectivity index (χ0n) is 8.18. The van der Waals surface area contributed by atoms with Crippen LogP contribution in [0.25, 0.3) is 0 Å². The molecule has 1 aliphatic heterocycles. The lowest BCUT2D eigenvalue weighted by Gasteiger charge is -2.19. The molecular weight excluding hydrogens is 215 g/mol. The second kappa shape index (κ2) is 3.80. The number of nitrogens with zero attached hydrogens (tertiary/aromatic N) is 1. The lowest BCUT2D eigenvalue weighted by Crippen LogP contribution is -2.39. The summed E-state index contributed by atoms with van der Waals surface area (Å²) in [6.45, 7) is 0.0472. The first-order valence-corrected chi connectivity index (χ1v) is 4.65. The van der Waals surface area contributed by atoms with Crippen molar-refractivity contribution in [1.29, 1.82) is 0 Å². The van der Waals surface area contributed by atoms with Gasteiger partial charge in [-0.25, -0.2) is 14.0 Å². The van der Waals surface area contributed by atoms with Gasteiger partial charge in [0.05, 0.1) is 6.54 Å². The number of hydrogen-bond donors (Lipinski definition) is 2. The number of carbonyl (C=O) groups excluding carboxylic acids is 1. The summed E-state index contributed by atoms with van der Waals surface area (Å²) in [6, 6.07) is 3.67. The second-order valence-corrected chi connectivity index (χ2v) is 3.39. The van der Waals surface area contributed by atoms with Gasteiger partial charge in [0, 0.05) is 5.69 Å². The third-order valence-electron chi connectivity index (χ3n) is 2.37. The van der Waals surface area contributed by atoms with Crippen molar-refractivity contribution in [2.45, 2.75) is 6.04 Å². The van der Waals surface area contributed by atoms with E-state index in [0.29, 0.717) is 5.69 Å². The molecule has 1 unspecified atom stereocenters. The molecule has 0 spiro atoms. The molecule has 2 amide bonds. The number of nitrogens with one attached hydrogen (secondary N) is 1. The fourth-order valence-corrected chi connectivity index (χ4v) is 1.60. The van der Waals surface area contributed by atoms with Crippen LogP contribution in [0.2, 0.25) is 0 Å². The van der Waals surface area contributed by atoms with Gasteiger partial charge >= 0.3 is 12.0 Å². The van der Waals surface area contributed by atoms with E-state index in [1.54, 1.807) is 0 Å². The zero-order valence-corrected chi connectivity index (χ0v) is 8.18. The zero-order chi connectivity index (χ0) is 11.7. The van der Waals surface area contributed by atoms with Gasteiger partial charge in [0.25, 0.3) is 0 Å². The van der Waals surface area contributed by atoms with E-state index in [1.165, 1.54) is 24.3 Å². The van der Waals surface area contributed by atoms with E-state index in [2.05, 4.69) is 5.32 Å². The van der Waals surface area contributed by atoms with Gasteiger partial charge in [-0.3, -0.25) is 4.90 Å². The van der Waals surface area contributed by atoms with Crippen LogP contribution >= 0.6 is 0 Å². The van der Waals surface area contributed by atoms with E-state index < -0.39 is 23.9 Å². The maximum absolute atomic E-state index is 12.7. The standard InChI is InChI=1S/C10H9FN2O3/c11-6-1-3-7(4-2-6)13-8(9(14)15)5-12-10(13)16/h1-4,8H,5H2,(H,12,16)(H,14,15). The first-order chi connectivity index (χ1) is 7.59. The van der Waals surface area contributed by atoms with Crippen molar-refractivity contribution in [2.75, 3.05) is 11.4 Å². The highest BCUT2D eigenvalue weighted by molar-refractivity contribution is 6.01. The maximum atomic E-state index is 12.7. The topological polar surface area (TPSA) is 69.6 Å². The Bertz CT molecular complexity index is 432. The number of rotatable bonds is 2. The molecule has 84 valence electrons. The number of hydrogen-bond acceptors (Lipinski definition) is 2. The number of halogens is 1. The Morgan fingerprint density at radius 3 is 2.62 bits per heavy atom. The fraction of sp³-hybridized carbons (Fsp3) is 0.200. The highest BCUT2D eigenvalue weighted by Gasteiger charge is 2.36. The van der Waals surface area contributed by atoms with Crippen LogP contribution in [0.3, 0.4) is 0 Å². The van der Waals surface area contributed by atoms with E-state index in [0.717, 1.165) is 4.90 Å². The minimum absolute atomic E-state index is 0.0472. The third kappa shape index (κ3) is 1.69. The van der Waals surface area contributed by atoms with Gasteiger partial charge < -0.3 is 10.4 Å². The number of carboxylic acid groups (broad SMARTS) is 1. The van der Waals surface area contributed by atoms with Gasteiger partial charge in [0.2, 0.25) is 0 Å². The molecule has 1 aliphatic rings. The Kier molecular flexibility index (Phi) is 2.47. The average molecular weight is 224 g/mol. The smallest absolute Gasteiger partial charge is 0.328 e. The van der Waals surface area contributed by atoms with Crippen molar-refractivity contribution in [3.05, 3.63) is 30.1 Å². The van der Waals surface area contributed by atoms with Gasteiger partial charge in [-0.05, 0) is 24.3 Å². The molecule has 1 fully saturated rings. The summed E-state index contributed by atoms with van der Waals surface area (Å²) in [7, 11) is 0. The van der Waals surface area contributed by atoms with Crippen LogP contribution in [-0.4, -0.2) is 29.7 Å². The monoisotopic (exact) mass is 224 g/mol. The molecule has 1 saturated heterocycles. The number of carboxylic acids is 1. The summed E-state index contributed by atoms with van der Waals surface area (Å²) in [5, 5.41) is 11.3. The summed E-state index contributed by atoms with van der Waals surface area (Å²) >= 11 is 0. The number of carbonyl (C=O) groups is 2. The number of aliphatic carboxylic acids is 1. The molecule has 0 bridgehead atoms. The van der Waals surface area contributed by atoms with E-state index in [-0.39, 0.29) is 6.54 Å². The molecule has 16 heavy (non-hydrogen) atoms. The van der Waals surface area contributed by atoms with Crippen LogP contribution in [0, 0.1) is 5.82 Å². The van der Waals surface area contributed by atoms with Crippen molar-refractivity contribution in [2.24, 2.45) is 0 Å². The molecule has 2 N–H and O–H groups in total. The quantitative estimate of drug-likeness (QED) is 0.780. The van der Waals surface area contributed by atoms with Gasteiger partial charge in [0.15, 0.2) is 6.04 Å². The SMILES string of the molecule is O=C(O)C1CNC(=O)N1c1ccc(F)cc1. The molecule has 0 saturated carbocycles. The van der Waals surface area contributed by atoms with E-state index in [9.17, 15) is 14.0 Å². The summed E-state index contributed by atoms with van der Waals surface area (Å²) < 4.78 is 12.7. The predicted molar refractivity (Wildman–Crippen MR) is 53.7 cm³/mol. The first kappa shape index (κ1) is 10.4. The van der Waals surface area contributed by atoms with E-state index in [4.69, 9.17) is 5.11 Å². The van der Waals surface area contributed by atoms with Crippen molar-refractivity contribution in [3.63, 3.8) is 0 Å². The van der Waals surface area contributed by atoms with Crippen LogP contribution in [0.5, 0.6) is 0 Å². The molecule has 2 rings (SSSR count). The minimum atomic E-state index is -1.09. The van der Waals surface area contributed by atoms with E-state index in [1.807, 2.05) is 0 Å². The van der Waals surface area contributed by atoms with Gasteiger partial charge in [0.1, 0.15) is 5.82 Å². The fourth-order valence-electron chi connectivity index (χ4n) is 1.60. The molecule has 1 aromatic rings. The second-order valence-electron chi connectivity index (χ2n) is 3.39. The Labute approximate surface area is 90.5 Å². The van der Waals surface area contributed by atoms with Crippen LogP contribution in [-0.2, 0) is 4.79 Å². The predicted octanol–water partition coefficient (Wildman–Crippen LogP) is 0.809. The molecule has 1 atom stereocenters. The van der Waals surface area contributed by atoms with Crippen LogP contribution in [0.15, 0.2) is 24.3 Å². The summed E-state index contributed by atoms with van der Waals surface area (Å²) in [6.07, 6.45) is 0. The molecule has 6 heteroatoms. The molecule has 0 radical (unpaired) electrons. The number of amides is 2. The Balaban J connectivity index is 2.33. The average Bonchev–Trinajstić information content (AvgIpc) is 2.62. The van der Waals surface area contributed by atoms with Gasteiger partial charge in [-0.2, -0.15) is 0 Å². The lowest BCUT2D eigenvalue weighted by molar-refractivity contribution is -0.137. The molecule has 1 heterocycles. The van der Waals surface area contributed by atoms with Crippen molar-refractivity contribution in [1.82, 2.24) is 5.32 Å². The molecule has 0 aromatic heterocycles. The van der Waals surface area contributed by atoms with Crippen molar-refractivity contribution in [3.8, 4) is 0 Å². The molecule has 5 nitrogen and oxygen atoms in total. The van der Waals surface area contributed by atoms with Crippen LogP contribution in [0.4, 0.5) is 14.9 Å². The lowest BCUT2D eigenvalue weighted by atomic mass is 10.2. The van der Waals surface area contributed by atoms with E-state index >= 15 is 0 Å². The number of anilines is 1. The molecular formula is C10H9FN2O3. The summed E-state index contributed by atoms with van der Waals surface area (Å²) in [4.78, 5) is 23.4. The Hall–Kier alpha value is -2.11. The largest absolute Gasteiger partial charge is 0.480 e. The van der Waals surface area contributed by atoms with Crippen molar-refractivity contribution < 1.29 is 19.1 Å². The molecule has 1 aromatic carbocycles. The normalized spacial score (nSPS) is 19.7. The highest BCUT2D eigenvalue weighted by atomic mass is 19.1. The summed E-state index contributed by atoms with van der Waals surface area (Å²) in [5.41, 5.74) is 0.365. The van der Waals surface area contributed by atoms with Gasteiger partial charge in [-0.15, -0.1) is 0 Å². The summed E-state index contributed by atoms with van der Waals surface area (Å²) in [5.74, 6) is -1.53. The van der Waals surface area contributed by atoms with Crippen LogP contribution < -0.4 is 10.2 Å².